The Morgan fingerprint density at radius 3 is 2.48 bits per heavy atom. The van der Waals surface area contributed by atoms with E-state index in [4.69, 9.17) is 11.6 Å². The number of rotatable bonds is 4. The van der Waals surface area contributed by atoms with Crippen molar-refractivity contribution in [2.24, 2.45) is 0 Å². The van der Waals surface area contributed by atoms with Crippen molar-refractivity contribution in [3.63, 3.8) is 0 Å². The van der Waals surface area contributed by atoms with Gasteiger partial charge >= 0.3 is 6.18 Å². The standard InChI is InChI=1S/C16H9ClF3N3O2/c17-13-6-3-11(16(18,19)20)7-15(13)23-8-14(21-22-23)10-1-4-12(5-2-10)25-9-24/h1-9H. The van der Waals surface area contributed by atoms with Gasteiger partial charge in [0.1, 0.15) is 11.4 Å². The molecule has 0 aliphatic heterocycles. The summed E-state index contributed by atoms with van der Waals surface area (Å²) in [7, 11) is 0. The molecule has 0 saturated heterocycles. The summed E-state index contributed by atoms with van der Waals surface area (Å²) in [6.45, 7) is 0.306. The zero-order valence-corrected chi connectivity index (χ0v) is 13.1. The van der Waals surface area contributed by atoms with Crippen LogP contribution in [0.2, 0.25) is 5.02 Å². The van der Waals surface area contributed by atoms with Gasteiger partial charge in [-0.05, 0) is 42.5 Å². The number of ether oxygens (including phenoxy) is 1. The van der Waals surface area contributed by atoms with Crippen molar-refractivity contribution >= 4 is 18.1 Å². The van der Waals surface area contributed by atoms with Crippen LogP contribution in [-0.4, -0.2) is 21.5 Å². The average molecular weight is 368 g/mol. The van der Waals surface area contributed by atoms with Crippen molar-refractivity contribution in [2.45, 2.75) is 6.18 Å². The first kappa shape index (κ1) is 17.0. The molecule has 0 saturated carbocycles. The third-order valence-electron chi connectivity index (χ3n) is 3.35. The van der Waals surface area contributed by atoms with Crippen molar-refractivity contribution in [2.75, 3.05) is 0 Å². The van der Waals surface area contributed by atoms with Gasteiger partial charge in [-0.3, -0.25) is 4.79 Å². The number of benzene rings is 2. The van der Waals surface area contributed by atoms with Crippen LogP contribution in [0.5, 0.6) is 5.75 Å². The monoisotopic (exact) mass is 367 g/mol. The Hall–Kier alpha value is -2.87. The van der Waals surface area contributed by atoms with Crippen molar-refractivity contribution in [1.29, 1.82) is 0 Å². The summed E-state index contributed by atoms with van der Waals surface area (Å²) >= 11 is 5.99. The second kappa shape index (κ2) is 6.56. The Morgan fingerprint density at radius 1 is 1.12 bits per heavy atom. The zero-order valence-electron chi connectivity index (χ0n) is 12.4. The number of hydrogen-bond acceptors (Lipinski definition) is 4. The topological polar surface area (TPSA) is 57.0 Å². The fraction of sp³-hybridized carbons (Fsp3) is 0.0625. The summed E-state index contributed by atoms with van der Waals surface area (Å²) in [5.41, 5.74) is 0.300. The highest BCUT2D eigenvalue weighted by molar-refractivity contribution is 6.32. The van der Waals surface area contributed by atoms with E-state index in [0.717, 1.165) is 18.2 Å². The van der Waals surface area contributed by atoms with Crippen LogP contribution in [0, 0.1) is 0 Å². The largest absolute Gasteiger partial charge is 0.429 e. The Balaban J connectivity index is 1.95. The van der Waals surface area contributed by atoms with E-state index in [1.165, 1.54) is 10.9 Å². The first-order valence-corrected chi connectivity index (χ1v) is 7.26. The highest BCUT2D eigenvalue weighted by Gasteiger charge is 2.31. The number of carbonyl (C=O) groups excluding carboxylic acids is 1. The molecular formula is C16H9ClF3N3O2. The summed E-state index contributed by atoms with van der Waals surface area (Å²) in [5, 5.41) is 7.88. The van der Waals surface area contributed by atoms with Crippen LogP contribution in [0.3, 0.4) is 0 Å². The van der Waals surface area contributed by atoms with Gasteiger partial charge in [0.2, 0.25) is 0 Å². The summed E-state index contributed by atoms with van der Waals surface area (Å²) in [6.07, 6.45) is -3.03. The van der Waals surface area contributed by atoms with Crippen LogP contribution >= 0.6 is 11.6 Å². The molecule has 1 heterocycles. The molecule has 25 heavy (non-hydrogen) atoms. The fourth-order valence-electron chi connectivity index (χ4n) is 2.14. The molecule has 3 aromatic rings. The number of alkyl halides is 3. The van der Waals surface area contributed by atoms with Crippen LogP contribution in [-0.2, 0) is 11.0 Å². The first-order chi connectivity index (χ1) is 11.9. The average Bonchev–Trinajstić information content (AvgIpc) is 3.05. The molecule has 0 bridgehead atoms. The van der Waals surface area contributed by atoms with Gasteiger partial charge < -0.3 is 4.74 Å². The van der Waals surface area contributed by atoms with E-state index in [0.29, 0.717) is 23.5 Å². The predicted molar refractivity (Wildman–Crippen MR) is 83.5 cm³/mol. The summed E-state index contributed by atoms with van der Waals surface area (Å²) in [4.78, 5) is 10.3. The summed E-state index contributed by atoms with van der Waals surface area (Å²) in [5.74, 6) is 0.354. The van der Waals surface area contributed by atoms with E-state index in [2.05, 4.69) is 15.0 Å². The van der Waals surface area contributed by atoms with Crippen LogP contribution in [0.1, 0.15) is 5.56 Å². The zero-order chi connectivity index (χ0) is 18.0. The van der Waals surface area contributed by atoms with Crippen molar-refractivity contribution < 1.29 is 22.7 Å². The summed E-state index contributed by atoms with van der Waals surface area (Å²) in [6, 6.07) is 9.35. The molecule has 128 valence electrons. The summed E-state index contributed by atoms with van der Waals surface area (Å²) < 4.78 is 44.4. The van der Waals surface area contributed by atoms with Gasteiger partial charge in [-0.15, -0.1) is 5.10 Å². The van der Waals surface area contributed by atoms with Gasteiger partial charge in [-0.25, -0.2) is 4.68 Å². The molecule has 0 spiro atoms. The van der Waals surface area contributed by atoms with Gasteiger partial charge in [-0.2, -0.15) is 13.2 Å². The Kier molecular flexibility index (Phi) is 4.45. The normalized spacial score (nSPS) is 11.4. The van der Waals surface area contributed by atoms with E-state index >= 15 is 0 Å². The lowest BCUT2D eigenvalue weighted by Crippen LogP contribution is -2.06. The van der Waals surface area contributed by atoms with E-state index in [1.54, 1.807) is 24.3 Å². The van der Waals surface area contributed by atoms with Gasteiger partial charge in [0.05, 0.1) is 22.5 Å². The molecule has 5 nitrogen and oxygen atoms in total. The van der Waals surface area contributed by atoms with E-state index in [-0.39, 0.29) is 10.7 Å². The Labute approximate surface area is 144 Å². The van der Waals surface area contributed by atoms with Gasteiger partial charge in [0.25, 0.3) is 6.47 Å². The van der Waals surface area contributed by atoms with Crippen LogP contribution < -0.4 is 4.74 Å². The SMILES string of the molecule is O=COc1ccc(-c2cn(-c3cc(C(F)(F)F)ccc3Cl)nn2)cc1. The van der Waals surface area contributed by atoms with Crippen molar-refractivity contribution in [3.05, 3.63) is 59.2 Å². The number of hydrogen-bond donors (Lipinski definition) is 0. The minimum absolute atomic E-state index is 0.0659. The molecule has 0 radical (unpaired) electrons. The maximum atomic E-state index is 12.9. The number of carbonyl (C=O) groups is 1. The van der Waals surface area contributed by atoms with Crippen molar-refractivity contribution in [3.8, 4) is 22.7 Å². The van der Waals surface area contributed by atoms with E-state index in [1.807, 2.05) is 0 Å². The second-order valence-electron chi connectivity index (χ2n) is 4.95. The number of nitrogens with zero attached hydrogens (tertiary/aromatic N) is 3. The molecule has 0 fully saturated rings. The lowest BCUT2D eigenvalue weighted by Gasteiger charge is -2.09. The van der Waals surface area contributed by atoms with E-state index < -0.39 is 11.7 Å². The van der Waals surface area contributed by atoms with Gasteiger partial charge in [0, 0.05) is 5.56 Å². The van der Waals surface area contributed by atoms with Gasteiger partial charge in [0.15, 0.2) is 0 Å². The van der Waals surface area contributed by atoms with Gasteiger partial charge in [-0.1, -0.05) is 16.8 Å². The number of halogens is 4. The molecule has 0 atom stereocenters. The third kappa shape index (κ3) is 3.63. The van der Waals surface area contributed by atoms with Crippen molar-refractivity contribution in [1.82, 2.24) is 15.0 Å². The quantitative estimate of drug-likeness (QED) is 0.650. The molecular weight excluding hydrogens is 359 g/mol. The first-order valence-electron chi connectivity index (χ1n) is 6.88. The minimum atomic E-state index is -4.49. The third-order valence-corrected chi connectivity index (χ3v) is 3.67. The van der Waals surface area contributed by atoms with E-state index in [9.17, 15) is 18.0 Å². The molecule has 0 aliphatic carbocycles. The van der Waals surface area contributed by atoms with Crippen LogP contribution in [0.25, 0.3) is 16.9 Å². The minimum Gasteiger partial charge on any atom is -0.429 e. The lowest BCUT2D eigenvalue weighted by molar-refractivity contribution is -0.137. The highest BCUT2D eigenvalue weighted by Crippen LogP contribution is 2.33. The molecule has 0 aliphatic rings. The van der Waals surface area contributed by atoms with Crippen LogP contribution in [0.15, 0.2) is 48.7 Å². The maximum absolute atomic E-state index is 12.9. The smallest absolute Gasteiger partial charge is 0.416 e. The molecule has 9 heteroatoms. The maximum Gasteiger partial charge on any atom is 0.416 e. The lowest BCUT2D eigenvalue weighted by atomic mass is 10.1. The molecule has 0 N–H and O–H groups in total. The molecule has 2 aromatic carbocycles. The number of aromatic nitrogens is 3. The highest BCUT2D eigenvalue weighted by atomic mass is 35.5. The fourth-order valence-corrected chi connectivity index (χ4v) is 2.34. The predicted octanol–water partition coefficient (Wildman–Crippen LogP) is 4.14. The molecule has 3 rings (SSSR count). The second-order valence-corrected chi connectivity index (χ2v) is 5.36. The Bertz CT molecular complexity index is 908. The molecule has 0 unspecified atom stereocenters. The Morgan fingerprint density at radius 2 is 1.84 bits per heavy atom. The van der Waals surface area contributed by atoms with Crippen LogP contribution in [0.4, 0.5) is 13.2 Å². The molecule has 0 amide bonds. The molecule has 1 aromatic heterocycles.